The van der Waals surface area contributed by atoms with Gasteiger partial charge in [-0.05, 0) is 24.5 Å². The van der Waals surface area contributed by atoms with Crippen molar-refractivity contribution in [2.45, 2.75) is 50.5 Å². The molecule has 0 aromatic heterocycles. The number of carbonyl (C=O) groups is 1. The first-order valence-electron chi connectivity index (χ1n) is 9.71. The highest BCUT2D eigenvalue weighted by atomic mass is 32.2. The Kier molecular flexibility index (Phi) is 7.10. The van der Waals surface area contributed by atoms with Crippen LogP contribution in [-0.4, -0.2) is 67.4 Å². The predicted molar refractivity (Wildman–Crippen MR) is 99.7 cm³/mol. The number of rotatable bonds is 6. The van der Waals surface area contributed by atoms with Gasteiger partial charge >= 0.3 is 6.03 Å². The molecule has 2 heterocycles. The predicted octanol–water partition coefficient (Wildman–Crippen LogP) is 2.46. The third-order valence-corrected chi connectivity index (χ3v) is 7.14. The van der Waals surface area contributed by atoms with E-state index in [0.29, 0.717) is 0 Å². The van der Waals surface area contributed by atoms with Crippen molar-refractivity contribution in [3.8, 4) is 0 Å². The smallest absolute Gasteiger partial charge is 0.314 e. The molecule has 3 aliphatic rings. The van der Waals surface area contributed by atoms with Crippen LogP contribution >= 0.6 is 11.8 Å². The first-order chi connectivity index (χ1) is 11.8. The summed E-state index contributed by atoms with van der Waals surface area (Å²) in [6, 6.07) is 0.00958. The molecule has 6 heteroatoms. The topological polar surface area (TPSA) is 53.6 Å². The Hall–Kier alpha value is -0.460. The SMILES string of the molecule is O=C(NCCC1CCCCC1)NCC1(N2CCOCC2)CCSC1. The van der Waals surface area contributed by atoms with Gasteiger partial charge in [0.15, 0.2) is 0 Å². The molecule has 0 spiro atoms. The minimum atomic E-state index is 0.00958. The van der Waals surface area contributed by atoms with Crippen LogP contribution in [0.3, 0.4) is 0 Å². The maximum Gasteiger partial charge on any atom is 0.314 e. The van der Waals surface area contributed by atoms with Crippen molar-refractivity contribution in [1.29, 1.82) is 0 Å². The summed E-state index contributed by atoms with van der Waals surface area (Å²) in [6.45, 7) is 5.20. The molecule has 0 radical (unpaired) electrons. The lowest BCUT2D eigenvalue weighted by Crippen LogP contribution is -2.59. The van der Waals surface area contributed by atoms with Crippen molar-refractivity contribution < 1.29 is 9.53 Å². The Labute approximate surface area is 150 Å². The van der Waals surface area contributed by atoms with E-state index in [0.717, 1.165) is 57.5 Å². The van der Waals surface area contributed by atoms with Gasteiger partial charge in [0.1, 0.15) is 0 Å². The van der Waals surface area contributed by atoms with Crippen molar-refractivity contribution in [3.05, 3.63) is 0 Å². The lowest BCUT2D eigenvalue weighted by Gasteiger charge is -2.43. The molecule has 0 aromatic rings. The number of ether oxygens (including phenoxy) is 1. The highest BCUT2D eigenvalue weighted by Gasteiger charge is 2.40. The Morgan fingerprint density at radius 2 is 1.96 bits per heavy atom. The Bertz CT molecular complexity index is 390. The third kappa shape index (κ3) is 5.02. The third-order valence-electron chi connectivity index (χ3n) is 5.91. The van der Waals surface area contributed by atoms with Crippen LogP contribution in [-0.2, 0) is 4.74 Å². The Morgan fingerprint density at radius 3 is 2.67 bits per heavy atom. The average molecular weight is 356 g/mol. The molecule has 1 saturated carbocycles. The van der Waals surface area contributed by atoms with Gasteiger partial charge in [0, 0.05) is 37.5 Å². The van der Waals surface area contributed by atoms with Crippen LogP contribution in [0.2, 0.25) is 0 Å². The van der Waals surface area contributed by atoms with E-state index in [9.17, 15) is 4.79 Å². The minimum Gasteiger partial charge on any atom is -0.379 e. The monoisotopic (exact) mass is 355 g/mol. The summed E-state index contributed by atoms with van der Waals surface area (Å²) < 4.78 is 5.49. The van der Waals surface area contributed by atoms with Gasteiger partial charge in [-0.25, -0.2) is 4.79 Å². The number of hydrogen-bond acceptors (Lipinski definition) is 4. The molecule has 2 N–H and O–H groups in total. The number of hydrogen-bond donors (Lipinski definition) is 2. The molecule has 24 heavy (non-hydrogen) atoms. The number of urea groups is 1. The number of amides is 2. The van der Waals surface area contributed by atoms with Crippen LogP contribution in [0.15, 0.2) is 0 Å². The molecule has 2 aliphatic heterocycles. The molecule has 3 fully saturated rings. The second kappa shape index (κ2) is 9.30. The zero-order valence-corrected chi connectivity index (χ0v) is 15.7. The summed E-state index contributed by atoms with van der Waals surface area (Å²) in [5.74, 6) is 3.14. The van der Waals surface area contributed by atoms with E-state index < -0.39 is 0 Å². The zero-order chi connectivity index (χ0) is 16.7. The van der Waals surface area contributed by atoms with Crippen LogP contribution in [0.4, 0.5) is 4.79 Å². The van der Waals surface area contributed by atoms with Crippen molar-refractivity contribution >= 4 is 17.8 Å². The van der Waals surface area contributed by atoms with Crippen molar-refractivity contribution in [2.75, 3.05) is 50.9 Å². The fourth-order valence-corrected chi connectivity index (χ4v) is 5.79. The van der Waals surface area contributed by atoms with Gasteiger partial charge in [-0.15, -0.1) is 0 Å². The largest absolute Gasteiger partial charge is 0.379 e. The summed E-state index contributed by atoms with van der Waals surface area (Å²) in [5, 5.41) is 6.23. The molecule has 5 nitrogen and oxygen atoms in total. The van der Waals surface area contributed by atoms with E-state index in [-0.39, 0.29) is 11.6 Å². The van der Waals surface area contributed by atoms with Crippen LogP contribution in [0.25, 0.3) is 0 Å². The fraction of sp³-hybridized carbons (Fsp3) is 0.944. The maximum atomic E-state index is 12.2. The number of carbonyl (C=O) groups excluding carboxylic acids is 1. The van der Waals surface area contributed by atoms with Gasteiger partial charge in [0.2, 0.25) is 0 Å². The van der Waals surface area contributed by atoms with Gasteiger partial charge < -0.3 is 15.4 Å². The molecular weight excluding hydrogens is 322 g/mol. The van der Waals surface area contributed by atoms with Gasteiger partial charge in [-0.3, -0.25) is 4.90 Å². The Morgan fingerprint density at radius 1 is 1.17 bits per heavy atom. The lowest BCUT2D eigenvalue weighted by molar-refractivity contribution is -0.0124. The normalized spacial score (nSPS) is 29.5. The zero-order valence-electron chi connectivity index (χ0n) is 14.9. The van der Waals surface area contributed by atoms with Crippen LogP contribution < -0.4 is 10.6 Å². The summed E-state index contributed by atoms with van der Waals surface area (Å²) in [4.78, 5) is 14.7. The first-order valence-corrected chi connectivity index (χ1v) is 10.9. The summed E-state index contributed by atoms with van der Waals surface area (Å²) >= 11 is 2.01. The van der Waals surface area contributed by atoms with Gasteiger partial charge in [0.05, 0.1) is 13.2 Å². The minimum absolute atomic E-state index is 0.00958. The van der Waals surface area contributed by atoms with E-state index in [1.54, 1.807) is 0 Å². The second-order valence-electron chi connectivity index (χ2n) is 7.53. The summed E-state index contributed by atoms with van der Waals surface area (Å²) in [7, 11) is 0. The van der Waals surface area contributed by atoms with Gasteiger partial charge in [-0.2, -0.15) is 11.8 Å². The molecule has 138 valence electrons. The molecule has 1 unspecified atom stereocenters. The Balaban J connectivity index is 1.38. The number of thioether (sulfide) groups is 1. The van der Waals surface area contributed by atoms with Crippen molar-refractivity contribution in [1.82, 2.24) is 15.5 Å². The highest BCUT2D eigenvalue weighted by molar-refractivity contribution is 7.99. The van der Waals surface area contributed by atoms with Crippen LogP contribution in [0.5, 0.6) is 0 Å². The summed E-state index contributed by atoms with van der Waals surface area (Å²) in [6.07, 6.45) is 9.14. The molecule has 2 saturated heterocycles. The number of morpholine rings is 1. The molecule has 0 aromatic carbocycles. The number of nitrogens with zero attached hydrogens (tertiary/aromatic N) is 1. The van der Waals surface area contributed by atoms with Crippen molar-refractivity contribution in [2.24, 2.45) is 5.92 Å². The average Bonchev–Trinajstić information content (AvgIpc) is 3.12. The fourth-order valence-electron chi connectivity index (χ4n) is 4.31. The first kappa shape index (κ1) is 18.3. The lowest BCUT2D eigenvalue weighted by atomic mass is 9.87. The maximum absolute atomic E-state index is 12.2. The highest BCUT2D eigenvalue weighted by Crippen LogP contribution is 2.33. The molecule has 1 atom stereocenters. The van der Waals surface area contributed by atoms with E-state index in [1.165, 1.54) is 44.3 Å². The second-order valence-corrected chi connectivity index (χ2v) is 8.63. The molecular formula is C18H33N3O2S. The van der Waals surface area contributed by atoms with Gasteiger partial charge in [0.25, 0.3) is 0 Å². The molecule has 1 aliphatic carbocycles. The molecule has 2 amide bonds. The van der Waals surface area contributed by atoms with E-state index in [1.807, 2.05) is 11.8 Å². The van der Waals surface area contributed by atoms with E-state index >= 15 is 0 Å². The standard InChI is InChI=1S/C18H33N3O2S/c22-17(19-8-6-16-4-2-1-3-5-16)20-14-18(7-13-24-15-18)21-9-11-23-12-10-21/h16H,1-15H2,(H2,19,20,22). The summed E-state index contributed by atoms with van der Waals surface area (Å²) in [5.41, 5.74) is 0.134. The van der Waals surface area contributed by atoms with E-state index in [2.05, 4.69) is 15.5 Å². The number of nitrogens with one attached hydrogen (secondary N) is 2. The van der Waals surface area contributed by atoms with Crippen molar-refractivity contribution in [3.63, 3.8) is 0 Å². The van der Waals surface area contributed by atoms with Gasteiger partial charge in [-0.1, -0.05) is 32.1 Å². The van der Waals surface area contributed by atoms with E-state index in [4.69, 9.17) is 4.74 Å². The van der Waals surface area contributed by atoms with Crippen LogP contribution in [0, 0.1) is 5.92 Å². The van der Waals surface area contributed by atoms with Crippen LogP contribution in [0.1, 0.15) is 44.9 Å². The quantitative estimate of drug-likeness (QED) is 0.768. The molecule has 0 bridgehead atoms. The molecule has 3 rings (SSSR count).